The second-order valence-corrected chi connectivity index (χ2v) is 6.73. The first kappa shape index (κ1) is 20.0. The monoisotopic (exact) mass is 334 g/mol. The Morgan fingerprint density at radius 2 is 1.88 bits per heavy atom. The molecule has 0 bridgehead atoms. The van der Waals surface area contributed by atoms with E-state index in [2.05, 4.69) is 36.4 Å². The van der Waals surface area contributed by atoms with Crippen LogP contribution in [0.5, 0.6) is 0 Å². The van der Waals surface area contributed by atoms with Crippen LogP contribution in [-0.4, -0.2) is 38.2 Å². The van der Waals surface area contributed by atoms with E-state index in [1.54, 1.807) is 19.2 Å². The van der Waals surface area contributed by atoms with Gasteiger partial charge >= 0.3 is 0 Å². The summed E-state index contributed by atoms with van der Waals surface area (Å²) in [5.74, 6) is 0.315. The number of nitrogens with one attached hydrogen (secondary N) is 2. The number of nitrogens with two attached hydrogens (primary N) is 1. The highest BCUT2D eigenvalue weighted by molar-refractivity contribution is 5.92. The van der Waals surface area contributed by atoms with E-state index in [4.69, 9.17) is 10.5 Å². The Bertz CT molecular complexity index is 547. The molecule has 1 rings (SSSR count). The van der Waals surface area contributed by atoms with E-state index in [0.29, 0.717) is 18.7 Å². The van der Waals surface area contributed by atoms with Gasteiger partial charge in [-0.05, 0) is 30.0 Å². The Morgan fingerprint density at radius 1 is 1.25 bits per heavy atom. The standard InChI is InChI=1S/C18H30N4O2/c1-6-20-17(22-12-15(24-5)18(2,3)4)21-11-13-7-9-14(10-8-13)16(19)23/h7-10,15H,6,11-12H2,1-5H3,(H2,19,23)(H2,20,21,22). The maximum absolute atomic E-state index is 11.1. The van der Waals surface area contributed by atoms with Crippen molar-refractivity contribution < 1.29 is 9.53 Å². The molecule has 6 heteroatoms. The molecule has 0 spiro atoms. The number of benzene rings is 1. The molecule has 0 saturated heterocycles. The Labute approximate surface area is 144 Å². The second kappa shape index (κ2) is 9.27. The number of methoxy groups -OCH3 is 1. The fourth-order valence-electron chi connectivity index (χ4n) is 2.22. The SMILES string of the molecule is CCNC(=NCc1ccc(C(N)=O)cc1)NCC(OC)C(C)(C)C. The highest BCUT2D eigenvalue weighted by Crippen LogP contribution is 2.20. The number of guanidine groups is 1. The Kier molecular flexibility index (Phi) is 7.71. The minimum absolute atomic E-state index is 0.0453. The third-order valence-electron chi connectivity index (χ3n) is 3.71. The number of aliphatic imine (C=N–C) groups is 1. The van der Waals surface area contributed by atoms with Crippen LogP contribution in [-0.2, 0) is 11.3 Å². The van der Waals surface area contributed by atoms with Crippen molar-refractivity contribution in [3.8, 4) is 0 Å². The van der Waals surface area contributed by atoms with Crippen LogP contribution < -0.4 is 16.4 Å². The second-order valence-electron chi connectivity index (χ2n) is 6.73. The lowest BCUT2D eigenvalue weighted by atomic mass is 9.89. The molecule has 0 radical (unpaired) electrons. The smallest absolute Gasteiger partial charge is 0.248 e. The molecule has 1 aromatic carbocycles. The van der Waals surface area contributed by atoms with Crippen molar-refractivity contribution in [3.63, 3.8) is 0 Å². The molecule has 1 aromatic rings. The van der Waals surface area contributed by atoms with Crippen LogP contribution in [0, 0.1) is 5.41 Å². The molecule has 0 aromatic heterocycles. The lowest BCUT2D eigenvalue weighted by molar-refractivity contribution is 0.0205. The predicted molar refractivity (Wildman–Crippen MR) is 98.0 cm³/mol. The van der Waals surface area contributed by atoms with E-state index in [9.17, 15) is 4.79 Å². The minimum atomic E-state index is -0.423. The van der Waals surface area contributed by atoms with Crippen molar-refractivity contribution in [2.75, 3.05) is 20.2 Å². The topological polar surface area (TPSA) is 88.7 Å². The highest BCUT2D eigenvalue weighted by atomic mass is 16.5. The molecule has 0 aliphatic rings. The normalized spacial score (nSPS) is 13.5. The zero-order chi connectivity index (χ0) is 18.2. The van der Waals surface area contributed by atoms with Crippen LogP contribution in [0.2, 0.25) is 0 Å². The Balaban J connectivity index is 2.69. The number of hydrogen-bond donors (Lipinski definition) is 3. The van der Waals surface area contributed by atoms with Crippen molar-refractivity contribution in [2.24, 2.45) is 16.1 Å². The molecule has 1 atom stereocenters. The zero-order valence-electron chi connectivity index (χ0n) is 15.3. The molecular formula is C18H30N4O2. The summed E-state index contributed by atoms with van der Waals surface area (Å²) in [4.78, 5) is 15.7. The fourth-order valence-corrected chi connectivity index (χ4v) is 2.22. The Morgan fingerprint density at radius 3 is 2.33 bits per heavy atom. The van der Waals surface area contributed by atoms with Gasteiger partial charge in [0.05, 0.1) is 12.6 Å². The molecule has 0 heterocycles. The van der Waals surface area contributed by atoms with Gasteiger partial charge in [0.2, 0.25) is 5.91 Å². The number of ether oxygens (including phenoxy) is 1. The van der Waals surface area contributed by atoms with Crippen molar-refractivity contribution in [1.29, 1.82) is 0 Å². The van der Waals surface area contributed by atoms with Gasteiger partial charge in [0.25, 0.3) is 0 Å². The van der Waals surface area contributed by atoms with Gasteiger partial charge in [-0.1, -0.05) is 32.9 Å². The first-order chi connectivity index (χ1) is 11.3. The summed E-state index contributed by atoms with van der Waals surface area (Å²) in [6.45, 7) is 10.4. The van der Waals surface area contributed by atoms with Crippen LogP contribution in [0.3, 0.4) is 0 Å². The molecular weight excluding hydrogens is 304 g/mol. The van der Waals surface area contributed by atoms with E-state index < -0.39 is 5.91 Å². The van der Waals surface area contributed by atoms with Crippen LogP contribution in [0.1, 0.15) is 43.6 Å². The van der Waals surface area contributed by atoms with E-state index in [0.717, 1.165) is 18.1 Å². The third-order valence-corrected chi connectivity index (χ3v) is 3.71. The molecule has 0 aliphatic carbocycles. The van der Waals surface area contributed by atoms with E-state index >= 15 is 0 Å². The summed E-state index contributed by atoms with van der Waals surface area (Å²) < 4.78 is 5.55. The number of carbonyl (C=O) groups excluding carboxylic acids is 1. The number of carbonyl (C=O) groups is 1. The first-order valence-corrected chi connectivity index (χ1v) is 8.21. The number of hydrogen-bond acceptors (Lipinski definition) is 3. The zero-order valence-corrected chi connectivity index (χ0v) is 15.3. The van der Waals surface area contributed by atoms with Crippen molar-refractivity contribution in [1.82, 2.24) is 10.6 Å². The quantitative estimate of drug-likeness (QED) is 0.525. The van der Waals surface area contributed by atoms with Crippen LogP contribution in [0.25, 0.3) is 0 Å². The predicted octanol–water partition coefficient (Wildman–Crippen LogP) is 1.90. The summed E-state index contributed by atoms with van der Waals surface area (Å²) in [7, 11) is 1.72. The molecule has 6 nitrogen and oxygen atoms in total. The number of rotatable bonds is 7. The minimum Gasteiger partial charge on any atom is -0.379 e. The molecule has 0 fully saturated rings. The van der Waals surface area contributed by atoms with Gasteiger partial charge in [-0.3, -0.25) is 4.79 Å². The first-order valence-electron chi connectivity index (χ1n) is 8.21. The van der Waals surface area contributed by atoms with Crippen LogP contribution in [0.4, 0.5) is 0 Å². The van der Waals surface area contributed by atoms with Gasteiger partial charge in [-0.2, -0.15) is 0 Å². The highest BCUT2D eigenvalue weighted by Gasteiger charge is 2.24. The van der Waals surface area contributed by atoms with Crippen molar-refractivity contribution >= 4 is 11.9 Å². The summed E-state index contributed by atoms with van der Waals surface area (Å²) >= 11 is 0. The molecule has 134 valence electrons. The van der Waals surface area contributed by atoms with Crippen LogP contribution in [0.15, 0.2) is 29.3 Å². The molecule has 1 unspecified atom stereocenters. The molecule has 24 heavy (non-hydrogen) atoms. The van der Waals surface area contributed by atoms with E-state index in [1.807, 2.05) is 19.1 Å². The van der Waals surface area contributed by atoms with Crippen molar-refractivity contribution in [3.05, 3.63) is 35.4 Å². The molecule has 4 N–H and O–H groups in total. The molecule has 0 aliphatic heterocycles. The largest absolute Gasteiger partial charge is 0.379 e. The lowest BCUT2D eigenvalue weighted by Crippen LogP contribution is -2.45. The number of nitrogens with zero attached hydrogens (tertiary/aromatic N) is 1. The van der Waals surface area contributed by atoms with Gasteiger partial charge < -0.3 is 21.1 Å². The van der Waals surface area contributed by atoms with E-state index in [1.165, 1.54) is 0 Å². The van der Waals surface area contributed by atoms with Crippen molar-refractivity contribution in [2.45, 2.75) is 40.3 Å². The summed E-state index contributed by atoms with van der Waals surface area (Å²) in [5.41, 5.74) is 6.80. The number of primary amides is 1. The summed E-state index contributed by atoms with van der Waals surface area (Å²) in [6.07, 6.45) is 0.0798. The fraction of sp³-hybridized carbons (Fsp3) is 0.556. The lowest BCUT2D eigenvalue weighted by Gasteiger charge is -2.30. The average molecular weight is 334 g/mol. The van der Waals surface area contributed by atoms with Crippen LogP contribution >= 0.6 is 0 Å². The van der Waals surface area contributed by atoms with Gasteiger partial charge in [0, 0.05) is 25.8 Å². The third kappa shape index (κ3) is 6.58. The summed E-state index contributed by atoms with van der Waals surface area (Å²) in [5, 5.41) is 6.54. The number of amides is 1. The Hall–Kier alpha value is -2.08. The summed E-state index contributed by atoms with van der Waals surface area (Å²) in [6, 6.07) is 7.16. The molecule has 0 saturated carbocycles. The molecule has 1 amide bonds. The van der Waals surface area contributed by atoms with Gasteiger partial charge in [0.1, 0.15) is 0 Å². The van der Waals surface area contributed by atoms with Gasteiger partial charge in [0.15, 0.2) is 5.96 Å². The van der Waals surface area contributed by atoms with E-state index in [-0.39, 0.29) is 11.5 Å². The van der Waals surface area contributed by atoms with Gasteiger partial charge in [-0.15, -0.1) is 0 Å². The average Bonchev–Trinajstić information content (AvgIpc) is 2.52. The maximum atomic E-state index is 11.1. The van der Waals surface area contributed by atoms with Gasteiger partial charge in [-0.25, -0.2) is 4.99 Å². The maximum Gasteiger partial charge on any atom is 0.248 e.